The Morgan fingerprint density at radius 2 is 1.95 bits per heavy atom. The van der Waals surface area contributed by atoms with Gasteiger partial charge in [-0.25, -0.2) is 4.68 Å². The van der Waals surface area contributed by atoms with Gasteiger partial charge in [0.1, 0.15) is 0 Å². The number of likely N-dealkylation sites (N-methyl/N-ethyl adjacent to an activating group) is 1. The van der Waals surface area contributed by atoms with Crippen LogP contribution in [0.25, 0.3) is 0 Å². The van der Waals surface area contributed by atoms with Crippen LogP contribution in [-0.4, -0.2) is 74.9 Å². The fourth-order valence-corrected chi connectivity index (χ4v) is 3.78. The summed E-state index contributed by atoms with van der Waals surface area (Å²) >= 11 is 1.47. The molecule has 1 amide bonds. The molecule has 1 saturated heterocycles. The van der Waals surface area contributed by atoms with Crippen LogP contribution in [0.2, 0.25) is 0 Å². The van der Waals surface area contributed by atoms with Crippen molar-refractivity contribution in [3.63, 3.8) is 0 Å². The second-order valence-electron chi connectivity index (χ2n) is 5.82. The number of piperazine rings is 1. The van der Waals surface area contributed by atoms with Crippen molar-refractivity contribution in [2.75, 3.05) is 39.0 Å². The lowest BCUT2D eigenvalue weighted by Gasteiger charge is -2.32. The molecule has 1 aromatic heterocycles. The van der Waals surface area contributed by atoms with Gasteiger partial charge < -0.3 is 9.80 Å². The highest BCUT2D eigenvalue weighted by Crippen LogP contribution is 2.31. The number of rotatable bonds is 4. The van der Waals surface area contributed by atoms with Crippen molar-refractivity contribution in [3.8, 4) is 0 Å². The maximum atomic E-state index is 12.2. The normalized spacial score (nSPS) is 21.1. The third-order valence-corrected chi connectivity index (χ3v) is 5.23. The summed E-state index contributed by atoms with van der Waals surface area (Å²) in [4.78, 5) is 16.4. The average molecular weight is 310 g/mol. The number of aromatic nitrogens is 4. The van der Waals surface area contributed by atoms with Gasteiger partial charge in [-0.15, -0.1) is 5.10 Å². The van der Waals surface area contributed by atoms with E-state index in [9.17, 15) is 4.79 Å². The van der Waals surface area contributed by atoms with Crippen LogP contribution in [0.4, 0.5) is 0 Å². The molecule has 0 N–H and O–H groups in total. The van der Waals surface area contributed by atoms with Crippen molar-refractivity contribution in [1.82, 2.24) is 30.0 Å². The molecule has 0 unspecified atom stereocenters. The lowest BCUT2D eigenvalue weighted by Crippen LogP contribution is -2.47. The Balaban J connectivity index is 1.53. The van der Waals surface area contributed by atoms with E-state index in [0.717, 1.165) is 44.2 Å². The predicted octanol–water partition coefficient (Wildman–Crippen LogP) is 0.654. The van der Waals surface area contributed by atoms with Crippen molar-refractivity contribution in [2.45, 2.75) is 36.9 Å². The summed E-state index contributed by atoms with van der Waals surface area (Å²) in [5.74, 6) is 0.616. The molecule has 1 saturated carbocycles. The molecule has 0 spiro atoms. The third kappa shape index (κ3) is 3.55. The number of tetrazole rings is 1. The number of thioether (sulfide) groups is 1. The SMILES string of the molecule is CN1CCN(C(=O)CSc2nnnn2C2CCCC2)CC1. The Hall–Kier alpha value is -1.15. The quantitative estimate of drug-likeness (QED) is 0.761. The third-order valence-electron chi connectivity index (χ3n) is 4.31. The van der Waals surface area contributed by atoms with E-state index in [1.807, 2.05) is 9.58 Å². The monoisotopic (exact) mass is 310 g/mol. The van der Waals surface area contributed by atoms with E-state index >= 15 is 0 Å². The molecular weight excluding hydrogens is 288 g/mol. The van der Waals surface area contributed by atoms with Crippen LogP contribution in [0, 0.1) is 0 Å². The maximum absolute atomic E-state index is 12.2. The van der Waals surface area contributed by atoms with Gasteiger partial charge >= 0.3 is 0 Å². The van der Waals surface area contributed by atoms with Crippen molar-refractivity contribution in [1.29, 1.82) is 0 Å². The minimum atomic E-state index is 0.189. The Labute approximate surface area is 129 Å². The Kier molecular flexibility index (Phi) is 4.74. The van der Waals surface area contributed by atoms with E-state index in [0.29, 0.717) is 11.8 Å². The van der Waals surface area contributed by atoms with E-state index in [4.69, 9.17) is 0 Å². The van der Waals surface area contributed by atoms with Gasteiger partial charge in [-0.2, -0.15) is 0 Å². The molecule has 0 atom stereocenters. The highest BCUT2D eigenvalue weighted by Gasteiger charge is 2.23. The molecule has 7 nitrogen and oxygen atoms in total. The van der Waals surface area contributed by atoms with Crippen molar-refractivity contribution in [2.24, 2.45) is 0 Å². The molecule has 2 fully saturated rings. The number of nitrogens with zero attached hydrogens (tertiary/aromatic N) is 6. The van der Waals surface area contributed by atoms with Crippen LogP contribution in [0.15, 0.2) is 5.16 Å². The molecule has 3 rings (SSSR count). The van der Waals surface area contributed by atoms with Crippen molar-refractivity contribution in [3.05, 3.63) is 0 Å². The van der Waals surface area contributed by atoms with Crippen LogP contribution < -0.4 is 0 Å². The van der Waals surface area contributed by atoms with Crippen LogP contribution in [-0.2, 0) is 4.79 Å². The molecule has 0 bridgehead atoms. The fourth-order valence-electron chi connectivity index (χ4n) is 2.93. The largest absolute Gasteiger partial charge is 0.339 e. The first kappa shape index (κ1) is 14.8. The number of hydrogen-bond acceptors (Lipinski definition) is 6. The number of carbonyl (C=O) groups is 1. The molecular formula is C13H22N6OS. The fraction of sp³-hybridized carbons (Fsp3) is 0.846. The van der Waals surface area contributed by atoms with Gasteiger partial charge in [0, 0.05) is 26.2 Å². The summed E-state index contributed by atoms with van der Waals surface area (Å²) in [5.41, 5.74) is 0. The first-order valence-electron chi connectivity index (χ1n) is 7.61. The van der Waals surface area contributed by atoms with E-state index in [1.54, 1.807) is 0 Å². The predicted molar refractivity (Wildman–Crippen MR) is 80.1 cm³/mol. The van der Waals surface area contributed by atoms with E-state index < -0.39 is 0 Å². The standard InChI is InChI=1S/C13H22N6OS/c1-17-6-8-18(9-7-17)12(20)10-21-13-14-15-16-19(13)11-4-2-3-5-11/h11H,2-10H2,1H3. The summed E-state index contributed by atoms with van der Waals surface area (Å²) in [5, 5.41) is 12.7. The van der Waals surface area contributed by atoms with Gasteiger partial charge in [0.2, 0.25) is 11.1 Å². The molecule has 21 heavy (non-hydrogen) atoms. The summed E-state index contributed by atoms with van der Waals surface area (Å²) in [6.07, 6.45) is 4.78. The highest BCUT2D eigenvalue weighted by atomic mass is 32.2. The Morgan fingerprint density at radius 1 is 1.24 bits per heavy atom. The topological polar surface area (TPSA) is 67.2 Å². The summed E-state index contributed by atoms with van der Waals surface area (Å²) in [6.45, 7) is 3.55. The maximum Gasteiger partial charge on any atom is 0.233 e. The van der Waals surface area contributed by atoms with Crippen molar-refractivity contribution >= 4 is 17.7 Å². The molecule has 0 aromatic carbocycles. The van der Waals surface area contributed by atoms with Crippen LogP contribution >= 0.6 is 11.8 Å². The summed E-state index contributed by atoms with van der Waals surface area (Å²) in [6, 6.07) is 0.418. The molecule has 1 aliphatic heterocycles. The van der Waals surface area contributed by atoms with E-state index in [1.165, 1.54) is 24.6 Å². The van der Waals surface area contributed by atoms with Crippen LogP contribution in [0.1, 0.15) is 31.7 Å². The van der Waals surface area contributed by atoms with Gasteiger partial charge in [0.15, 0.2) is 0 Å². The van der Waals surface area contributed by atoms with Crippen LogP contribution in [0.3, 0.4) is 0 Å². The second kappa shape index (κ2) is 6.74. The first-order chi connectivity index (χ1) is 10.2. The molecule has 2 aliphatic rings. The van der Waals surface area contributed by atoms with E-state index in [-0.39, 0.29) is 5.91 Å². The van der Waals surface area contributed by atoms with Gasteiger partial charge in [-0.3, -0.25) is 4.79 Å². The van der Waals surface area contributed by atoms with Crippen molar-refractivity contribution < 1.29 is 4.79 Å². The smallest absolute Gasteiger partial charge is 0.233 e. The number of amides is 1. The molecule has 116 valence electrons. The van der Waals surface area contributed by atoms with E-state index in [2.05, 4.69) is 27.5 Å². The minimum Gasteiger partial charge on any atom is -0.339 e. The van der Waals surface area contributed by atoms with Crippen LogP contribution in [0.5, 0.6) is 0 Å². The summed E-state index contributed by atoms with van der Waals surface area (Å²) < 4.78 is 1.91. The highest BCUT2D eigenvalue weighted by molar-refractivity contribution is 7.99. The zero-order chi connectivity index (χ0) is 14.7. The summed E-state index contributed by atoms with van der Waals surface area (Å²) in [7, 11) is 2.09. The number of hydrogen-bond donors (Lipinski definition) is 0. The van der Waals surface area contributed by atoms with Gasteiger partial charge in [-0.1, -0.05) is 24.6 Å². The zero-order valence-corrected chi connectivity index (χ0v) is 13.3. The minimum absolute atomic E-state index is 0.189. The molecule has 1 aromatic rings. The Morgan fingerprint density at radius 3 is 2.67 bits per heavy atom. The number of carbonyl (C=O) groups excluding carboxylic acids is 1. The average Bonchev–Trinajstić information content (AvgIpc) is 3.16. The van der Waals surface area contributed by atoms with Gasteiger partial charge in [0.25, 0.3) is 0 Å². The molecule has 0 radical (unpaired) electrons. The lowest BCUT2D eigenvalue weighted by molar-refractivity contribution is -0.129. The molecule has 2 heterocycles. The molecule has 8 heteroatoms. The van der Waals surface area contributed by atoms with Gasteiger partial charge in [-0.05, 0) is 30.3 Å². The lowest BCUT2D eigenvalue weighted by atomic mass is 10.3. The molecule has 1 aliphatic carbocycles. The zero-order valence-electron chi connectivity index (χ0n) is 12.4. The first-order valence-corrected chi connectivity index (χ1v) is 8.59. The van der Waals surface area contributed by atoms with Gasteiger partial charge in [0.05, 0.1) is 11.8 Å². The second-order valence-corrected chi connectivity index (χ2v) is 6.76. The Bertz CT molecular complexity index is 479.